The lowest BCUT2D eigenvalue weighted by atomic mass is 10.0. The van der Waals surface area contributed by atoms with E-state index >= 15 is 0 Å². The molecule has 0 saturated carbocycles. The van der Waals surface area contributed by atoms with Crippen LogP contribution in [0.4, 0.5) is 11.4 Å². The summed E-state index contributed by atoms with van der Waals surface area (Å²) in [5, 5.41) is 4.31. The molecule has 0 saturated heterocycles. The maximum atomic E-state index is 12.5. The molecule has 0 aliphatic heterocycles. The Morgan fingerprint density at radius 3 is 1.90 bits per heavy atom. The second-order valence-electron chi connectivity index (χ2n) is 7.18. The van der Waals surface area contributed by atoms with Crippen LogP contribution in [0.15, 0.2) is 70.7 Å². The zero-order valence-corrected chi connectivity index (χ0v) is 17.8. The zero-order valence-electron chi connectivity index (χ0n) is 17.0. The molecule has 0 fully saturated rings. The van der Waals surface area contributed by atoms with E-state index in [0.717, 1.165) is 16.8 Å². The normalized spacial score (nSPS) is 11.6. The molecule has 29 heavy (non-hydrogen) atoms. The van der Waals surface area contributed by atoms with Gasteiger partial charge in [0.2, 0.25) is 0 Å². The minimum atomic E-state index is -3.61. The van der Waals surface area contributed by atoms with Gasteiger partial charge in [-0.15, -0.1) is 0 Å². The Morgan fingerprint density at radius 1 is 0.759 bits per heavy atom. The van der Waals surface area contributed by atoms with Gasteiger partial charge in [-0.3, -0.25) is 10.1 Å². The van der Waals surface area contributed by atoms with Gasteiger partial charge in [-0.1, -0.05) is 35.4 Å². The van der Waals surface area contributed by atoms with Crippen LogP contribution < -0.4 is 10.1 Å². The highest BCUT2D eigenvalue weighted by molar-refractivity contribution is 7.92. The van der Waals surface area contributed by atoms with E-state index in [1.54, 1.807) is 54.7 Å². The molecule has 0 bridgehead atoms. The molecule has 0 aliphatic rings. The molecule has 3 aromatic rings. The number of benzene rings is 3. The largest absolute Gasteiger partial charge is 0.280 e. The molecule has 150 valence electrons. The van der Waals surface area contributed by atoms with Crippen LogP contribution in [0.2, 0.25) is 0 Å². The predicted octanol–water partition coefficient (Wildman–Crippen LogP) is 5.17. The Kier molecular flexibility index (Phi) is 6.03. The summed E-state index contributed by atoms with van der Waals surface area (Å²) in [5.74, 6) is 0. The monoisotopic (exact) mass is 407 g/mol. The number of hydrazone groups is 1. The van der Waals surface area contributed by atoms with E-state index in [-0.39, 0.29) is 4.90 Å². The predicted molar refractivity (Wildman–Crippen MR) is 120 cm³/mol. The molecular formula is C23H25N3O2S. The fraction of sp³-hybridized carbons (Fsp3) is 0.174. The van der Waals surface area contributed by atoms with Gasteiger partial charge in [0.1, 0.15) is 0 Å². The molecule has 0 unspecified atom stereocenters. The lowest BCUT2D eigenvalue weighted by molar-refractivity contribution is 0.601. The molecule has 6 heteroatoms. The van der Waals surface area contributed by atoms with Crippen molar-refractivity contribution in [2.45, 2.75) is 32.6 Å². The second kappa shape index (κ2) is 8.49. The molecular weight excluding hydrogens is 382 g/mol. The maximum Gasteiger partial charge on any atom is 0.261 e. The van der Waals surface area contributed by atoms with Crippen molar-refractivity contribution in [1.29, 1.82) is 0 Å². The van der Waals surface area contributed by atoms with Gasteiger partial charge >= 0.3 is 0 Å². The number of nitrogens with zero attached hydrogens (tertiary/aromatic N) is 1. The molecule has 5 nitrogen and oxygen atoms in total. The Bertz CT molecular complexity index is 1110. The molecule has 3 aromatic carbocycles. The van der Waals surface area contributed by atoms with Crippen molar-refractivity contribution in [3.8, 4) is 0 Å². The molecule has 0 atom stereocenters. The highest BCUT2D eigenvalue weighted by Crippen LogP contribution is 2.19. The Hall–Kier alpha value is -3.12. The summed E-state index contributed by atoms with van der Waals surface area (Å²) in [4.78, 5) is 0.235. The highest BCUT2D eigenvalue weighted by atomic mass is 32.2. The van der Waals surface area contributed by atoms with Crippen LogP contribution in [0.3, 0.4) is 0 Å². The summed E-state index contributed by atoms with van der Waals surface area (Å²) in [7, 11) is -3.61. The fourth-order valence-corrected chi connectivity index (χ4v) is 4.17. The Morgan fingerprint density at radius 2 is 1.31 bits per heavy atom. The van der Waals surface area contributed by atoms with Crippen molar-refractivity contribution in [1.82, 2.24) is 0 Å². The smallest absolute Gasteiger partial charge is 0.261 e. The summed E-state index contributed by atoms with van der Waals surface area (Å²) in [6, 6.07) is 18.0. The first-order valence-electron chi connectivity index (χ1n) is 9.31. The SMILES string of the molecule is Cc1ccc(S(=O)(=O)Nc2ccc(N/N=C/c3c(C)cc(C)cc3C)cc2)cc1. The average molecular weight is 408 g/mol. The number of rotatable bonds is 6. The van der Waals surface area contributed by atoms with Crippen molar-refractivity contribution >= 4 is 27.6 Å². The van der Waals surface area contributed by atoms with Gasteiger partial charge in [-0.2, -0.15) is 5.10 Å². The molecule has 2 N–H and O–H groups in total. The summed E-state index contributed by atoms with van der Waals surface area (Å²) < 4.78 is 27.5. The lowest BCUT2D eigenvalue weighted by Gasteiger charge is -2.09. The standard InChI is InChI=1S/C23H25N3O2S/c1-16-5-11-22(12-6-16)29(27,28)26-21-9-7-20(8-10-21)25-24-15-23-18(3)13-17(2)14-19(23)4/h5-15,25-26H,1-4H3/b24-15+. The third kappa shape index (κ3) is 5.23. The number of nitrogens with one attached hydrogen (secondary N) is 2. The number of anilines is 2. The van der Waals surface area contributed by atoms with Gasteiger partial charge in [-0.05, 0) is 75.2 Å². The number of aryl methyl sites for hydroxylation is 4. The van der Waals surface area contributed by atoms with E-state index in [4.69, 9.17) is 0 Å². The van der Waals surface area contributed by atoms with Crippen LogP contribution in [0, 0.1) is 27.7 Å². The molecule has 0 aromatic heterocycles. The van der Waals surface area contributed by atoms with Gasteiger partial charge in [-0.25, -0.2) is 8.42 Å². The van der Waals surface area contributed by atoms with E-state index in [2.05, 4.69) is 48.2 Å². The highest BCUT2D eigenvalue weighted by Gasteiger charge is 2.13. The summed E-state index contributed by atoms with van der Waals surface area (Å²) >= 11 is 0. The topological polar surface area (TPSA) is 70.6 Å². The van der Waals surface area contributed by atoms with Crippen molar-refractivity contribution < 1.29 is 8.42 Å². The molecule has 0 aliphatic carbocycles. The minimum Gasteiger partial charge on any atom is -0.280 e. The Balaban J connectivity index is 1.67. The van der Waals surface area contributed by atoms with Gasteiger partial charge in [0.25, 0.3) is 10.0 Å². The minimum absolute atomic E-state index is 0.235. The van der Waals surface area contributed by atoms with E-state index in [1.165, 1.54) is 16.7 Å². The number of hydrogen-bond acceptors (Lipinski definition) is 4. The van der Waals surface area contributed by atoms with E-state index in [0.29, 0.717) is 5.69 Å². The molecule has 0 spiro atoms. The third-order valence-electron chi connectivity index (χ3n) is 4.59. The van der Waals surface area contributed by atoms with Crippen LogP contribution in [0.1, 0.15) is 27.8 Å². The first-order valence-corrected chi connectivity index (χ1v) is 10.8. The van der Waals surface area contributed by atoms with Gasteiger partial charge in [0.15, 0.2) is 0 Å². The molecule has 0 heterocycles. The Labute approximate surface area is 172 Å². The van der Waals surface area contributed by atoms with Crippen LogP contribution in [0.5, 0.6) is 0 Å². The van der Waals surface area contributed by atoms with Crippen molar-refractivity contribution in [2.75, 3.05) is 10.1 Å². The fourth-order valence-electron chi connectivity index (χ4n) is 3.11. The molecule has 0 amide bonds. The summed E-state index contributed by atoms with van der Waals surface area (Å²) in [6.07, 6.45) is 1.80. The van der Waals surface area contributed by atoms with Gasteiger partial charge < -0.3 is 0 Å². The zero-order chi connectivity index (χ0) is 21.0. The van der Waals surface area contributed by atoms with Crippen molar-refractivity contribution in [2.24, 2.45) is 5.10 Å². The van der Waals surface area contributed by atoms with E-state index in [1.807, 2.05) is 6.92 Å². The van der Waals surface area contributed by atoms with Gasteiger partial charge in [0, 0.05) is 11.3 Å². The van der Waals surface area contributed by atoms with Crippen LogP contribution in [-0.4, -0.2) is 14.6 Å². The quantitative estimate of drug-likeness (QED) is 0.438. The van der Waals surface area contributed by atoms with Gasteiger partial charge in [0.05, 0.1) is 16.8 Å². The van der Waals surface area contributed by atoms with E-state index < -0.39 is 10.0 Å². The van der Waals surface area contributed by atoms with Crippen LogP contribution in [-0.2, 0) is 10.0 Å². The molecule has 0 radical (unpaired) electrons. The average Bonchev–Trinajstić information content (AvgIpc) is 2.65. The third-order valence-corrected chi connectivity index (χ3v) is 5.99. The van der Waals surface area contributed by atoms with E-state index in [9.17, 15) is 8.42 Å². The second-order valence-corrected chi connectivity index (χ2v) is 8.86. The summed E-state index contributed by atoms with van der Waals surface area (Å²) in [6.45, 7) is 8.12. The first-order chi connectivity index (χ1) is 13.7. The summed E-state index contributed by atoms with van der Waals surface area (Å²) in [5.41, 5.74) is 9.92. The van der Waals surface area contributed by atoms with Crippen molar-refractivity contribution in [3.63, 3.8) is 0 Å². The van der Waals surface area contributed by atoms with Crippen molar-refractivity contribution in [3.05, 3.63) is 88.5 Å². The van der Waals surface area contributed by atoms with Crippen LogP contribution in [0.25, 0.3) is 0 Å². The number of sulfonamides is 1. The van der Waals surface area contributed by atoms with Crippen LogP contribution >= 0.6 is 0 Å². The first kappa shape index (κ1) is 20.6. The number of hydrogen-bond donors (Lipinski definition) is 2. The lowest BCUT2D eigenvalue weighted by Crippen LogP contribution is -2.12. The molecule has 3 rings (SSSR count). The maximum absolute atomic E-state index is 12.5.